The van der Waals surface area contributed by atoms with Crippen LogP contribution in [0.15, 0.2) is 24.3 Å². The highest BCUT2D eigenvalue weighted by Gasteiger charge is 2.11. The molecule has 21 heavy (non-hydrogen) atoms. The summed E-state index contributed by atoms with van der Waals surface area (Å²) in [6, 6.07) is 7.94. The van der Waals surface area contributed by atoms with Crippen molar-refractivity contribution < 1.29 is 9.53 Å². The van der Waals surface area contributed by atoms with E-state index >= 15 is 0 Å². The SMILES string of the molecule is CCCN(CCC)C(=O)CCNCc1ccccc1OC. The molecule has 0 bridgehead atoms. The highest BCUT2D eigenvalue weighted by Crippen LogP contribution is 2.16. The van der Waals surface area contributed by atoms with E-state index in [0.717, 1.165) is 43.8 Å². The van der Waals surface area contributed by atoms with Crippen LogP contribution in [0.4, 0.5) is 0 Å². The smallest absolute Gasteiger partial charge is 0.223 e. The summed E-state index contributed by atoms with van der Waals surface area (Å²) in [5.74, 6) is 1.13. The number of nitrogens with zero attached hydrogens (tertiary/aromatic N) is 1. The van der Waals surface area contributed by atoms with Gasteiger partial charge >= 0.3 is 0 Å². The Morgan fingerprint density at radius 2 is 1.86 bits per heavy atom. The third-order valence-electron chi connectivity index (χ3n) is 3.36. The predicted octanol–water partition coefficient (Wildman–Crippen LogP) is 2.82. The molecule has 0 aliphatic rings. The molecule has 0 fully saturated rings. The van der Waals surface area contributed by atoms with Gasteiger partial charge in [-0.3, -0.25) is 4.79 Å². The van der Waals surface area contributed by atoms with Crippen molar-refractivity contribution in [1.29, 1.82) is 0 Å². The summed E-state index contributed by atoms with van der Waals surface area (Å²) in [5.41, 5.74) is 1.12. The largest absolute Gasteiger partial charge is 0.496 e. The van der Waals surface area contributed by atoms with Crippen molar-refractivity contribution in [1.82, 2.24) is 10.2 Å². The zero-order valence-electron chi connectivity index (χ0n) is 13.5. The van der Waals surface area contributed by atoms with E-state index in [1.165, 1.54) is 0 Å². The van der Waals surface area contributed by atoms with Gasteiger partial charge in [-0.05, 0) is 18.9 Å². The maximum absolute atomic E-state index is 12.1. The molecule has 118 valence electrons. The first kappa shape index (κ1) is 17.5. The summed E-state index contributed by atoms with van der Waals surface area (Å²) >= 11 is 0. The molecule has 0 aliphatic heterocycles. The first-order chi connectivity index (χ1) is 10.2. The molecule has 1 N–H and O–H groups in total. The van der Waals surface area contributed by atoms with Gasteiger partial charge in [0.1, 0.15) is 5.75 Å². The molecule has 1 amide bonds. The number of nitrogens with one attached hydrogen (secondary N) is 1. The average Bonchev–Trinajstić information content (AvgIpc) is 2.51. The number of amides is 1. The van der Waals surface area contributed by atoms with Crippen LogP contribution in [0.1, 0.15) is 38.7 Å². The van der Waals surface area contributed by atoms with E-state index in [0.29, 0.717) is 13.0 Å². The fraction of sp³-hybridized carbons (Fsp3) is 0.588. The molecule has 1 aromatic rings. The van der Waals surface area contributed by atoms with Gasteiger partial charge in [-0.15, -0.1) is 0 Å². The van der Waals surface area contributed by atoms with Crippen LogP contribution in [0.25, 0.3) is 0 Å². The molecule has 1 aromatic carbocycles. The fourth-order valence-corrected chi connectivity index (χ4v) is 2.33. The molecule has 0 unspecified atom stereocenters. The number of carbonyl (C=O) groups is 1. The molecule has 0 aromatic heterocycles. The standard InChI is InChI=1S/C17H28N2O2/c1-4-12-19(13-5-2)17(20)10-11-18-14-15-8-6-7-9-16(15)21-3/h6-9,18H,4-5,10-14H2,1-3H3. The molecule has 4 heteroatoms. The fourth-order valence-electron chi connectivity index (χ4n) is 2.33. The van der Waals surface area contributed by atoms with E-state index < -0.39 is 0 Å². The third kappa shape index (κ3) is 6.17. The van der Waals surface area contributed by atoms with E-state index in [2.05, 4.69) is 19.2 Å². The maximum atomic E-state index is 12.1. The summed E-state index contributed by atoms with van der Waals surface area (Å²) in [5, 5.41) is 3.32. The third-order valence-corrected chi connectivity index (χ3v) is 3.36. The molecule has 0 radical (unpaired) electrons. The second-order valence-electron chi connectivity index (χ2n) is 5.12. The van der Waals surface area contributed by atoms with Gasteiger partial charge < -0.3 is 15.0 Å². The van der Waals surface area contributed by atoms with Crippen LogP contribution < -0.4 is 10.1 Å². The summed E-state index contributed by atoms with van der Waals surface area (Å²) in [7, 11) is 1.68. The Labute approximate surface area is 128 Å². The lowest BCUT2D eigenvalue weighted by Gasteiger charge is -2.21. The topological polar surface area (TPSA) is 41.6 Å². The second kappa shape index (κ2) is 10.2. The predicted molar refractivity (Wildman–Crippen MR) is 86.5 cm³/mol. The van der Waals surface area contributed by atoms with Crippen LogP contribution in [0, 0.1) is 0 Å². The highest BCUT2D eigenvalue weighted by molar-refractivity contribution is 5.76. The van der Waals surface area contributed by atoms with Crippen molar-refractivity contribution >= 4 is 5.91 Å². The summed E-state index contributed by atoms with van der Waals surface area (Å²) in [4.78, 5) is 14.1. The Balaban J connectivity index is 2.34. The normalized spacial score (nSPS) is 10.4. The molecular formula is C17H28N2O2. The minimum Gasteiger partial charge on any atom is -0.496 e. The monoisotopic (exact) mass is 292 g/mol. The Bertz CT molecular complexity index is 415. The zero-order valence-corrected chi connectivity index (χ0v) is 13.5. The molecule has 0 atom stereocenters. The molecule has 1 rings (SSSR count). The van der Waals surface area contributed by atoms with Crippen molar-refractivity contribution in [2.75, 3.05) is 26.7 Å². The van der Waals surface area contributed by atoms with Gasteiger partial charge in [-0.1, -0.05) is 32.0 Å². The van der Waals surface area contributed by atoms with Gasteiger partial charge in [0.05, 0.1) is 7.11 Å². The number of carbonyl (C=O) groups excluding carboxylic acids is 1. The summed E-state index contributed by atoms with van der Waals surface area (Å²) < 4.78 is 5.31. The van der Waals surface area contributed by atoms with Crippen LogP contribution in [0.5, 0.6) is 5.75 Å². The number of rotatable bonds is 10. The van der Waals surface area contributed by atoms with Crippen LogP contribution in [0.2, 0.25) is 0 Å². The van der Waals surface area contributed by atoms with E-state index in [1.807, 2.05) is 29.2 Å². The number of hydrogen-bond donors (Lipinski definition) is 1. The Hall–Kier alpha value is -1.55. The van der Waals surface area contributed by atoms with Crippen molar-refractivity contribution in [3.05, 3.63) is 29.8 Å². The quantitative estimate of drug-likeness (QED) is 0.674. The van der Waals surface area contributed by atoms with Gasteiger partial charge in [-0.2, -0.15) is 0 Å². The number of ether oxygens (including phenoxy) is 1. The molecule has 0 aliphatic carbocycles. The van der Waals surface area contributed by atoms with Crippen LogP contribution in [-0.4, -0.2) is 37.6 Å². The molecule has 4 nitrogen and oxygen atoms in total. The van der Waals surface area contributed by atoms with Gasteiger partial charge in [0.15, 0.2) is 0 Å². The molecule has 0 saturated heterocycles. The molecular weight excluding hydrogens is 264 g/mol. The molecule has 0 spiro atoms. The summed E-state index contributed by atoms with van der Waals surface area (Å²) in [6.45, 7) is 7.35. The van der Waals surface area contributed by atoms with Crippen LogP contribution in [-0.2, 0) is 11.3 Å². The Morgan fingerprint density at radius 3 is 2.48 bits per heavy atom. The minimum absolute atomic E-state index is 0.242. The highest BCUT2D eigenvalue weighted by atomic mass is 16.5. The van der Waals surface area contributed by atoms with Crippen molar-refractivity contribution in [3.63, 3.8) is 0 Å². The number of benzene rings is 1. The van der Waals surface area contributed by atoms with E-state index in [-0.39, 0.29) is 5.91 Å². The second-order valence-corrected chi connectivity index (χ2v) is 5.12. The van der Waals surface area contributed by atoms with Gasteiger partial charge in [0.2, 0.25) is 5.91 Å². The van der Waals surface area contributed by atoms with Crippen molar-refractivity contribution in [3.8, 4) is 5.75 Å². The average molecular weight is 292 g/mol. The maximum Gasteiger partial charge on any atom is 0.223 e. The lowest BCUT2D eigenvalue weighted by Crippen LogP contribution is -2.34. The first-order valence-corrected chi connectivity index (χ1v) is 7.83. The van der Waals surface area contributed by atoms with E-state index in [1.54, 1.807) is 7.11 Å². The van der Waals surface area contributed by atoms with Gasteiger partial charge in [-0.25, -0.2) is 0 Å². The van der Waals surface area contributed by atoms with Crippen molar-refractivity contribution in [2.45, 2.75) is 39.7 Å². The number of hydrogen-bond acceptors (Lipinski definition) is 3. The first-order valence-electron chi connectivity index (χ1n) is 7.83. The van der Waals surface area contributed by atoms with Crippen LogP contribution in [0.3, 0.4) is 0 Å². The van der Waals surface area contributed by atoms with E-state index in [9.17, 15) is 4.79 Å². The lowest BCUT2D eigenvalue weighted by atomic mass is 10.2. The lowest BCUT2D eigenvalue weighted by molar-refractivity contribution is -0.131. The minimum atomic E-state index is 0.242. The number of methoxy groups -OCH3 is 1. The van der Waals surface area contributed by atoms with Gasteiger partial charge in [0.25, 0.3) is 0 Å². The summed E-state index contributed by atoms with van der Waals surface area (Å²) in [6.07, 6.45) is 2.58. The van der Waals surface area contributed by atoms with Gasteiger partial charge in [0, 0.05) is 38.2 Å². The number of para-hydroxylation sites is 1. The Kier molecular flexibility index (Phi) is 8.51. The van der Waals surface area contributed by atoms with Crippen LogP contribution >= 0.6 is 0 Å². The molecule has 0 heterocycles. The Morgan fingerprint density at radius 1 is 1.19 bits per heavy atom. The van der Waals surface area contributed by atoms with E-state index in [4.69, 9.17) is 4.74 Å². The zero-order chi connectivity index (χ0) is 15.5. The van der Waals surface area contributed by atoms with Crippen molar-refractivity contribution in [2.24, 2.45) is 0 Å². The molecule has 0 saturated carbocycles.